The molecule has 112 valence electrons. The summed E-state index contributed by atoms with van der Waals surface area (Å²) in [6.07, 6.45) is 2.35. The summed E-state index contributed by atoms with van der Waals surface area (Å²) in [6, 6.07) is 20.0. The van der Waals surface area contributed by atoms with E-state index in [1.165, 1.54) is 29.7 Å². The van der Waals surface area contributed by atoms with Crippen molar-refractivity contribution < 1.29 is 0 Å². The summed E-state index contributed by atoms with van der Waals surface area (Å²) in [6.45, 7) is 4.60. The number of anilines is 1. The highest BCUT2D eigenvalue weighted by Crippen LogP contribution is 2.38. The van der Waals surface area contributed by atoms with Crippen molar-refractivity contribution in [1.29, 1.82) is 0 Å². The third kappa shape index (κ3) is 3.66. The summed E-state index contributed by atoms with van der Waals surface area (Å²) in [7, 11) is 4.18. The highest BCUT2D eigenvalue weighted by atomic mass is 15.1. The van der Waals surface area contributed by atoms with Crippen LogP contribution in [0.5, 0.6) is 0 Å². The molecule has 0 aliphatic heterocycles. The van der Waals surface area contributed by atoms with Gasteiger partial charge < -0.3 is 4.90 Å². The smallest absolute Gasteiger partial charge is 0.0361 e. The number of nitrogens with zero attached hydrogens (tertiary/aromatic N) is 1. The van der Waals surface area contributed by atoms with Crippen molar-refractivity contribution in [3.63, 3.8) is 0 Å². The van der Waals surface area contributed by atoms with E-state index in [-0.39, 0.29) is 0 Å². The van der Waals surface area contributed by atoms with Crippen LogP contribution >= 0.6 is 0 Å². The molecular weight excluding hydrogens is 254 g/mol. The fourth-order valence-corrected chi connectivity index (χ4v) is 3.22. The van der Waals surface area contributed by atoms with E-state index in [9.17, 15) is 0 Å². The molecule has 0 radical (unpaired) electrons. The van der Waals surface area contributed by atoms with Gasteiger partial charge in [0.2, 0.25) is 0 Å². The Kier molecular flexibility index (Phi) is 5.44. The minimum absolute atomic E-state index is 0.591. The molecule has 21 heavy (non-hydrogen) atoms. The van der Waals surface area contributed by atoms with Crippen molar-refractivity contribution in [2.45, 2.75) is 38.5 Å². The van der Waals surface area contributed by atoms with Gasteiger partial charge in [0.15, 0.2) is 0 Å². The van der Waals surface area contributed by atoms with E-state index in [1.54, 1.807) is 0 Å². The molecule has 0 bridgehead atoms. The largest absolute Gasteiger partial charge is 0.378 e. The SMILES string of the molecule is CC[C@@H](c1ccccc1)[C@@H](CC)c1ccc(N(C)C)cc1. The predicted molar refractivity (Wildman–Crippen MR) is 93.3 cm³/mol. The second-order valence-electron chi connectivity index (χ2n) is 5.93. The van der Waals surface area contributed by atoms with Crippen molar-refractivity contribution in [3.8, 4) is 0 Å². The molecule has 0 saturated carbocycles. The van der Waals surface area contributed by atoms with E-state index in [4.69, 9.17) is 0 Å². The van der Waals surface area contributed by atoms with Crippen LogP contribution in [-0.4, -0.2) is 14.1 Å². The second-order valence-corrected chi connectivity index (χ2v) is 5.93. The van der Waals surface area contributed by atoms with E-state index in [0.29, 0.717) is 11.8 Å². The molecule has 1 nitrogen and oxygen atoms in total. The molecule has 1 heteroatoms. The van der Waals surface area contributed by atoms with E-state index < -0.39 is 0 Å². The molecule has 2 rings (SSSR count). The fourth-order valence-electron chi connectivity index (χ4n) is 3.22. The monoisotopic (exact) mass is 281 g/mol. The summed E-state index contributed by atoms with van der Waals surface area (Å²) in [4.78, 5) is 2.15. The Morgan fingerprint density at radius 3 is 1.62 bits per heavy atom. The molecule has 2 atom stereocenters. The Bertz CT molecular complexity index is 528. The Morgan fingerprint density at radius 1 is 0.714 bits per heavy atom. The van der Waals surface area contributed by atoms with Crippen LogP contribution < -0.4 is 4.90 Å². The first-order valence-corrected chi connectivity index (χ1v) is 7.99. The van der Waals surface area contributed by atoms with Crippen molar-refractivity contribution >= 4 is 5.69 Å². The molecule has 0 amide bonds. The average Bonchev–Trinajstić information content (AvgIpc) is 2.53. The van der Waals surface area contributed by atoms with E-state index in [2.05, 4.69) is 87.4 Å². The Labute approximate surface area is 129 Å². The lowest BCUT2D eigenvalue weighted by Gasteiger charge is -2.27. The van der Waals surface area contributed by atoms with Crippen molar-refractivity contribution in [2.24, 2.45) is 0 Å². The summed E-state index contributed by atoms with van der Waals surface area (Å²) >= 11 is 0. The number of hydrogen-bond acceptors (Lipinski definition) is 1. The molecule has 0 aliphatic carbocycles. The van der Waals surface area contributed by atoms with Gasteiger partial charge in [-0.15, -0.1) is 0 Å². The van der Waals surface area contributed by atoms with E-state index in [1.807, 2.05) is 0 Å². The molecule has 0 N–H and O–H groups in total. The van der Waals surface area contributed by atoms with Crippen LogP contribution in [0.25, 0.3) is 0 Å². The van der Waals surface area contributed by atoms with E-state index >= 15 is 0 Å². The summed E-state index contributed by atoms with van der Waals surface area (Å²) in [5.41, 5.74) is 4.18. The van der Waals surface area contributed by atoms with Crippen LogP contribution in [-0.2, 0) is 0 Å². The van der Waals surface area contributed by atoms with Crippen LogP contribution in [0, 0.1) is 0 Å². The van der Waals surface area contributed by atoms with Gasteiger partial charge in [-0.05, 0) is 47.9 Å². The molecule has 0 aromatic heterocycles. The molecule has 0 spiro atoms. The molecule has 0 fully saturated rings. The molecule has 0 aliphatic rings. The minimum Gasteiger partial charge on any atom is -0.378 e. The van der Waals surface area contributed by atoms with Crippen LogP contribution in [0.1, 0.15) is 49.7 Å². The van der Waals surface area contributed by atoms with Gasteiger partial charge in [0.05, 0.1) is 0 Å². The maximum absolute atomic E-state index is 2.30. The van der Waals surface area contributed by atoms with Crippen LogP contribution in [0.2, 0.25) is 0 Å². The van der Waals surface area contributed by atoms with Gasteiger partial charge in [-0.25, -0.2) is 0 Å². The predicted octanol–water partition coefficient (Wildman–Crippen LogP) is 5.44. The third-order valence-corrected chi connectivity index (χ3v) is 4.43. The highest BCUT2D eigenvalue weighted by Gasteiger charge is 2.21. The first kappa shape index (κ1) is 15.6. The fraction of sp³-hybridized carbons (Fsp3) is 0.400. The number of rotatable bonds is 6. The third-order valence-electron chi connectivity index (χ3n) is 4.43. The Morgan fingerprint density at radius 2 is 1.19 bits per heavy atom. The zero-order valence-electron chi connectivity index (χ0n) is 13.7. The average molecular weight is 281 g/mol. The maximum atomic E-state index is 2.30. The van der Waals surface area contributed by atoms with Gasteiger partial charge in [0.1, 0.15) is 0 Å². The zero-order valence-corrected chi connectivity index (χ0v) is 13.7. The van der Waals surface area contributed by atoms with Crippen LogP contribution in [0.4, 0.5) is 5.69 Å². The lowest BCUT2D eigenvalue weighted by atomic mass is 9.78. The zero-order chi connectivity index (χ0) is 15.2. The van der Waals surface area contributed by atoms with Crippen molar-refractivity contribution in [1.82, 2.24) is 0 Å². The number of benzene rings is 2. The van der Waals surface area contributed by atoms with Crippen molar-refractivity contribution in [2.75, 3.05) is 19.0 Å². The summed E-state index contributed by atoms with van der Waals surface area (Å²) in [5.74, 6) is 1.19. The molecule has 0 heterocycles. The maximum Gasteiger partial charge on any atom is 0.0361 e. The first-order chi connectivity index (χ1) is 10.2. The van der Waals surface area contributed by atoms with Gasteiger partial charge in [-0.2, -0.15) is 0 Å². The summed E-state index contributed by atoms with van der Waals surface area (Å²) in [5, 5.41) is 0. The summed E-state index contributed by atoms with van der Waals surface area (Å²) < 4.78 is 0. The van der Waals surface area contributed by atoms with Gasteiger partial charge in [-0.3, -0.25) is 0 Å². The van der Waals surface area contributed by atoms with Gasteiger partial charge in [0.25, 0.3) is 0 Å². The molecule has 2 aromatic carbocycles. The molecule has 2 aromatic rings. The van der Waals surface area contributed by atoms with Gasteiger partial charge in [-0.1, -0.05) is 56.3 Å². The van der Waals surface area contributed by atoms with E-state index in [0.717, 1.165) is 0 Å². The minimum atomic E-state index is 0.591. The molecule has 0 saturated heterocycles. The quantitative estimate of drug-likeness (QED) is 0.681. The Hall–Kier alpha value is -1.76. The van der Waals surface area contributed by atoms with Crippen LogP contribution in [0.15, 0.2) is 54.6 Å². The lowest BCUT2D eigenvalue weighted by molar-refractivity contribution is 0.510. The first-order valence-electron chi connectivity index (χ1n) is 7.99. The molecule has 0 unspecified atom stereocenters. The second kappa shape index (κ2) is 7.31. The lowest BCUT2D eigenvalue weighted by Crippen LogP contribution is -2.11. The standard InChI is InChI=1S/C20H27N/c1-5-19(16-10-8-7-9-11-16)20(6-2)17-12-14-18(15-13-17)21(3)4/h7-15,19-20H,5-6H2,1-4H3/t19-,20-/m0/s1. The highest BCUT2D eigenvalue weighted by molar-refractivity contribution is 5.47. The Balaban J connectivity index is 2.29. The van der Waals surface area contributed by atoms with Gasteiger partial charge >= 0.3 is 0 Å². The topological polar surface area (TPSA) is 3.24 Å². The number of hydrogen-bond donors (Lipinski definition) is 0. The molecular formula is C20H27N. The normalized spacial score (nSPS) is 13.7. The van der Waals surface area contributed by atoms with Crippen molar-refractivity contribution in [3.05, 3.63) is 65.7 Å². The van der Waals surface area contributed by atoms with Crippen LogP contribution in [0.3, 0.4) is 0 Å². The van der Waals surface area contributed by atoms with Gasteiger partial charge in [0, 0.05) is 19.8 Å².